The minimum absolute atomic E-state index is 0.0601. The zero-order valence-electron chi connectivity index (χ0n) is 21.1. The lowest BCUT2D eigenvalue weighted by molar-refractivity contribution is -0.154. The summed E-state index contributed by atoms with van der Waals surface area (Å²) in [6.45, 7) is 5.35. The molecule has 0 atom stereocenters. The number of ether oxygens (including phenoxy) is 1. The predicted octanol–water partition coefficient (Wildman–Crippen LogP) is 8.55. The minimum atomic E-state index is -0.508. The largest absolute Gasteiger partial charge is 0.460 e. The van der Waals surface area contributed by atoms with Crippen molar-refractivity contribution in [2.75, 3.05) is 0 Å². The van der Waals surface area contributed by atoms with E-state index in [4.69, 9.17) is 27.9 Å². The van der Waals surface area contributed by atoms with Gasteiger partial charge in [0.1, 0.15) is 17.2 Å². The molecule has 11 heteroatoms. The fraction of sp³-hybridized carbons (Fsp3) is 0.250. The highest BCUT2D eigenvalue weighted by Crippen LogP contribution is 2.29. The van der Waals surface area contributed by atoms with E-state index in [0.717, 1.165) is 4.90 Å². The minimum Gasteiger partial charge on any atom is -0.460 e. The molecule has 1 aliphatic heterocycles. The van der Waals surface area contributed by atoms with E-state index in [2.05, 4.69) is 31.9 Å². The van der Waals surface area contributed by atoms with Crippen LogP contribution < -0.4 is 0 Å². The number of carbonyl (C=O) groups is 3. The molecule has 0 N–H and O–H groups in total. The summed E-state index contributed by atoms with van der Waals surface area (Å²) >= 11 is 18.1. The molecule has 5 nitrogen and oxygen atoms in total. The number of hydrogen-bond acceptors (Lipinski definition) is 4. The maximum atomic E-state index is 13.6. The van der Waals surface area contributed by atoms with Crippen LogP contribution in [0.25, 0.3) is 0 Å². The molecule has 3 aromatic carbocycles. The average molecular weight is 706 g/mol. The summed E-state index contributed by atoms with van der Waals surface area (Å²) in [5.74, 6) is -1.99. The second kappa shape index (κ2) is 12.9. The van der Waals surface area contributed by atoms with Crippen molar-refractivity contribution < 1.29 is 27.9 Å². The van der Waals surface area contributed by atoms with E-state index in [9.17, 15) is 23.2 Å². The van der Waals surface area contributed by atoms with Gasteiger partial charge in [-0.3, -0.25) is 19.3 Å². The summed E-state index contributed by atoms with van der Waals surface area (Å²) in [6.07, 6.45) is 0.538. The van der Waals surface area contributed by atoms with Crippen LogP contribution in [0.3, 0.4) is 0 Å². The van der Waals surface area contributed by atoms with Gasteiger partial charge in [-0.1, -0.05) is 35.3 Å². The highest BCUT2D eigenvalue weighted by molar-refractivity contribution is 9.10. The van der Waals surface area contributed by atoms with E-state index >= 15 is 0 Å². The van der Waals surface area contributed by atoms with Crippen molar-refractivity contribution in [3.8, 4) is 0 Å². The molecule has 0 bridgehead atoms. The van der Waals surface area contributed by atoms with Gasteiger partial charge in [0.2, 0.25) is 0 Å². The zero-order chi connectivity index (χ0) is 29.1. The topological polar surface area (TPSA) is 63.7 Å². The molecule has 0 spiro atoms. The van der Waals surface area contributed by atoms with Crippen LogP contribution in [0.15, 0.2) is 57.5 Å². The predicted molar refractivity (Wildman–Crippen MR) is 153 cm³/mol. The summed E-state index contributed by atoms with van der Waals surface area (Å²) in [7, 11) is 0. The van der Waals surface area contributed by atoms with E-state index in [1.807, 2.05) is 0 Å². The first-order valence-corrected chi connectivity index (χ1v) is 14.0. The van der Waals surface area contributed by atoms with Gasteiger partial charge in [0.05, 0.1) is 26.6 Å². The van der Waals surface area contributed by atoms with Gasteiger partial charge in [-0.15, -0.1) is 0 Å². The summed E-state index contributed by atoms with van der Waals surface area (Å²) in [5, 5.41) is 0.728. The Balaban J connectivity index is 0.000000219. The lowest BCUT2D eigenvalue weighted by Gasteiger charge is -2.19. The fourth-order valence-electron chi connectivity index (χ4n) is 3.62. The molecule has 0 aliphatic carbocycles. The summed E-state index contributed by atoms with van der Waals surface area (Å²) in [4.78, 5) is 37.1. The summed E-state index contributed by atoms with van der Waals surface area (Å²) in [5.41, 5.74) is 1.19. The quantitative estimate of drug-likeness (QED) is 0.152. The van der Waals surface area contributed by atoms with Crippen LogP contribution in [0.1, 0.15) is 59.0 Å². The summed E-state index contributed by atoms with van der Waals surface area (Å²) in [6, 6.07) is 12.0. The Morgan fingerprint density at radius 2 is 1.33 bits per heavy atom. The molecule has 0 fully saturated rings. The number of hydrogen-bond donors (Lipinski definition) is 0. The number of esters is 1. The lowest BCUT2D eigenvalue weighted by atomic mass is 10.1. The van der Waals surface area contributed by atoms with Crippen molar-refractivity contribution in [2.45, 2.75) is 45.8 Å². The molecule has 0 radical (unpaired) electrons. The molecule has 206 valence electrons. The number of nitrogens with zero attached hydrogens (tertiary/aromatic N) is 1. The first kappa shape index (κ1) is 31.2. The maximum absolute atomic E-state index is 13.6. The number of aryl methyl sites for hydroxylation is 1. The second-order valence-corrected chi connectivity index (χ2v) is 12.1. The van der Waals surface area contributed by atoms with E-state index in [-0.39, 0.29) is 23.4 Å². The maximum Gasteiger partial charge on any atom is 0.306 e. The van der Waals surface area contributed by atoms with Crippen LogP contribution in [0.5, 0.6) is 0 Å². The monoisotopic (exact) mass is 703 g/mol. The molecular weight excluding hydrogens is 683 g/mol. The number of fused-ring (bicyclic) bond motifs is 1. The molecule has 0 aromatic heterocycles. The molecule has 2 amide bonds. The van der Waals surface area contributed by atoms with Crippen LogP contribution in [0.4, 0.5) is 8.78 Å². The number of halogens is 6. The van der Waals surface area contributed by atoms with Crippen LogP contribution >= 0.6 is 55.1 Å². The lowest BCUT2D eigenvalue weighted by Crippen LogP contribution is -2.29. The number of amides is 2. The van der Waals surface area contributed by atoms with Crippen molar-refractivity contribution in [2.24, 2.45) is 0 Å². The third kappa shape index (κ3) is 8.10. The van der Waals surface area contributed by atoms with Gasteiger partial charge >= 0.3 is 5.97 Å². The first-order valence-electron chi connectivity index (χ1n) is 11.6. The Morgan fingerprint density at radius 3 is 1.82 bits per heavy atom. The SMILES string of the molecule is CC(C)(C)OC(=O)CCc1cc(F)c(Br)cc1Cl.O=C1c2ccccc2C(=O)N1Cc1cc(F)c(Br)cc1Cl. The third-order valence-electron chi connectivity index (χ3n) is 5.40. The van der Waals surface area contributed by atoms with Gasteiger partial charge in [0, 0.05) is 16.5 Å². The Hall–Kier alpha value is -2.33. The molecule has 1 aliphatic rings. The van der Waals surface area contributed by atoms with E-state index in [1.54, 1.807) is 45.0 Å². The highest BCUT2D eigenvalue weighted by atomic mass is 79.9. The van der Waals surface area contributed by atoms with E-state index in [1.165, 1.54) is 24.3 Å². The van der Waals surface area contributed by atoms with Crippen molar-refractivity contribution in [1.82, 2.24) is 4.90 Å². The number of imide groups is 1. The van der Waals surface area contributed by atoms with Crippen LogP contribution in [-0.2, 0) is 22.5 Å². The van der Waals surface area contributed by atoms with Gasteiger partial charge < -0.3 is 4.74 Å². The Kier molecular flexibility index (Phi) is 10.3. The van der Waals surface area contributed by atoms with Gasteiger partial charge in [-0.05, 0) is 107 Å². The van der Waals surface area contributed by atoms with Crippen LogP contribution in [-0.4, -0.2) is 28.3 Å². The molecule has 1 heterocycles. The van der Waals surface area contributed by atoms with Gasteiger partial charge in [-0.25, -0.2) is 8.78 Å². The fourth-order valence-corrected chi connectivity index (χ4v) is 5.05. The molecule has 4 rings (SSSR count). The van der Waals surface area contributed by atoms with Gasteiger partial charge in [0.25, 0.3) is 11.8 Å². The molecule has 0 saturated heterocycles. The molecule has 3 aromatic rings. The van der Waals surface area contributed by atoms with Gasteiger partial charge in [-0.2, -0.15) is 0 Å². The number of benzene rings is 3. The molecule has 0 saturated carbocycles. The standard InChI is InChI=1S/C15H8BrClFNO2.C13H15BrClFO2/c16-11-6-12(17)8(5-13(11)18)7-19-14(20)9-3-1-2-4-10(9)15(19)21;1-13(2,3)18-12(17)5-4-8-6-11(16)9(14)7-10(8)15/h1-6H,7H2;6-7H,4-5H2,1-3H3. The van der Waals surface area contributed by atoms with E-state index in [0.29, 0.717) is 43.2 Å². The molecule has 0 unspecified atom stereocenters. The zero-order valence-corrected chi connectivity index (χ0v) is 25.8. The Labute approximate surface area is 251 Å². The van der Waals surface area contributed by atoms with Crippen LogP contribution in [0, 0.1) is 11.6 Å². The van der Waals surface area contributed by atoms with Crippen molar-refractivity contribution >= 4 is 72.8 Å². The Morgan fingerprint density at radius 1 is 0.872 bits per heavy atom. The number of carbonyl (C=O) groups excluding carboxylic acids is 3. The highest BCUT2D eigenvalue weighted by Gasteiger charge is 2.35. The number of rotatable bonds is 5. The van der Waals surface area contributed by atoms with Crippen molar-refractivity contribution in [3.63, 3.8) is 0 Å². The van der Waals surface area contributed by atoms with Crippen LogP contribution in [0.2, 0.25) is 10.0 Å². The van der Waals surface area contributed by atoms with Gasteiger partial charge in [0.15, 0.2) is 0 Å². The summed E-state index contributed by atoms with van der Waals surface area (Å²) < 4.78 is 32.6. The Bertz CT molecular complexity index is 1410. The van der Waals surface area contributed by atoms with E-state index < -0.39 is 29.0 Å². The van der Waals surface area contributed by atoms with Crippen molar-refractivity contribution in [1.29, 1.82) is 0 Å². The molecule has 39 heavy (non-hydrogen) atoms. The molecular formula is C28H23Br2Cl2F2NO4. The van der Waals surface area contributed by atoms with Crippen molar-refractivity contribution in [3.05, 3.63) is 101 Å². The second-order valence-electron chi connectivity index (χ2n) is 9.54. The average Bonchev–Trinajstić information content (AvgIpc) is 3.08. The first-order chi connectivity index (χ1) is 18.2. The third-order valence-corrected chi connectivity index (χ3v) is 7.32. The smallest absolute Gasteiger partial charge is 0.306 e. The normalized spacial score (nSPS) is 12.7.